The number of hydroxylamine groups is 1. The molecule has 1 unspecified atom stereocenters. The highest BCUT2D eigenvalue weighted by atomic mass is 32.2. The summed E-state index contributed by atoms with van der Waals surface area (Å²) in [6.45, 7) is 0.690. The summed E-state index contributed by atoms with van der Waals surface area (Å²) in [4.78, 5) is 17.8. The summed E-state index contributed by atoms with van der Waals surface area (Å²) < 4.78 is 32.6. The van der Waals surface area contributed by atoms with Crippen LogP contribution in [0.1, 0.15) is 0 Å². The Bertz CT molecular complexity index is 772. The fraction of sp³-hybridized carbons (Fsp3) is 0.294. The summed E-state index contributed by atoms with van der Waals surface area (Å²) in [5.41, 5.74) is 1.54. The van der Waals surface area contributed by atoms with Gasteiger partial charge < -0.3 is 9.64 Å². The van der Waals surface area contributed by atoms with E-state index in [1.807, 2.05) is 19.0 Å². The Hall–Kier alpha value is -2.40. The lowest BCUT2D eigenvalue weighted by Gasteiger charge is -2.21. The fourth-order valence-corrected chi connectivity index (χ4v) is 3.14. The van der Waals surface area contributed by atoms with Gasteiger partial charge in [-0.3, -0.25) is 10.0 Å². The van der Waals surface area contributed by atoms with Crippen LogP contribution in [0.2, 0.25) is 0 Å². The number of hydrogen-bond acceptors (Lipinski definition) is 6. The molecule has 0 aliphatic carbocycles. The van der Waals surface area contributed by atoms with Gasteiger partial charge in [0.15, 0.2) is 0 Å². The highest BCUT2D eigenvalue weighted by Gasteiger charge is 2.19. The zero-order valence-corrected chi connectivity index (χ0v) is 15.8. The molecule has 0 spiro atoms. The minimum atomic E-state index is -1.65. The number of benzene rings is 1. The number of likely N-dealkylation sites (N-methyl/N-ethyl adjacent to an activating group) is 1. The molecule has 2 N–H and O–H groups in total. The molecule has 146 valence electrons. The van der Waals surface area contributed by atoms with E-state index in [-0.39, 0.29) is 18.2 Å². The van der Waals surface area contributed by atoms with Crippen LogP contribution in [0.3, 0.4) is 0 Å². The molecular formula is C17H21FN4O4S. The van der Waals surface area contributed by atoms with Crippen LogP contribution >= 0.6 is 0 Å². The van der Waals surface area contributed by atoms with Gasteiger partial charge in [0.2, 0.25) is 5.88 Å². The Kier molecular flexibility index (Phi) is 7.80. The van der Waals surface area contributed by atoms with Crippen molar-refractivity contribution in [2.45, 2.75) is 4.90 Å². The van der Waals surface area contributed by atoms with E-state index >= 15 is 0 Å². The Morgan fingerprint density at radius 1 is 1.22 bits per heavy atom. The number of pyridine rings is 1. The van der Waals surface area contributed by atoms with Gasteiger partial charge in [0, 0.05) is 25.4 Å². The van der Waals surface area contributed by atoms with Gasteiger partial charge in [-0.15, -0.1) is 0 Å². The summed E-state index contributed by atoms with van der Waals surface area (Å²) >= 11 is 0. The second-order valence-corrected chi connectivity index (χ2v) is 7.33. The number of halogens is 1. The highest BCUT2D eigenvalue weighted by molar-refractivity contribution is 7.82. The zero-order chi connectivity index (χ0) is 19.8. The van der Waals surface area contributed by atoms with E-state index in [0.29, 0.717) is 23.7 Å². The molecule has 27 heavy (non-hydrogen) atoms. The zero-order valence-electron chi connectivity index (χ0n) is 15.0. The lowest BCUT2D eigenvalue weighted by molar-refractivity contribution is -0.129. The van der Waals surface area contributed by atoms with E-state index in [2.05, 4.69) is 4.98 Å². The molecular weight excluding hydrogens is 375 g/mol. The van der Waals surface area contributed by atoms with E-state index in [9.17, 15) is 13.4 Å². The van der Waals surface area contributed by atoms with Gasteiger partial charge in [0.05, 0.1) is 11.4 Å². The second-order valence-electron chi connectivity index (χ2n) is 5.84. The quantitative estimate of drug-likeness (QED) is 0.492. The first-order valence-corrected chi connectivity index (χ1v) is 9.13. The molecule has 1 atom stereocenters. The second kappa shape index (κ2) is 10.1. The molecule has 0 saturated carbocycles. The monoisotopic (exact) mass is 396 g/mol. The number of aromatic nitrogens is 1. The summed E-state index contributed by atoms with van der Waals surface area (Å²) in [6, 6.07) is 8.59. The maximum atomic E-state index is 12.9. The molecule has 1 aromatic carbocycles. The minimum absolute atomic E-state index is 0.231. The average Bonchev–Trinajstić information content (AvgIpc) is 2.66. The molecule has 0 saturated heterocycles. The first-order valence-electron chi connectivity index (χ1n) is 8.03. The Balaban J connectivity index is 2.08. The van der Waals surface area contributed by atoms with Crippen LogP contribution in [0.15, 0.2) is 47.5 Å². The van der Waals surface area contributed by atoms with Crippen LogP contribution in [0, 0.1) is 5.82 Å². The van der Waals surface area contributed by atoms with Gasteiger partial charge in [0.25, 0.3) is 5.91 Å². The average molecular weight is 396 g/mol. The first-order chi connectivity index (χ1) is 12.9. The number of carbonyl (C=O) groups excluding carboxylic acids is 1. The van der Waals surface area contributed by atoms with Gasteiger partial charge in [-0.25, -0.2) is 23.4 Å². The fourth-order valence-electron chi connectivity index (χ4n) is 2.03. The maximum Gasteiger partial charge on any atom is 0.258 e. The highest BCUT2D eigenvalue weighted by Crippen LogP contribution is 2.20. The Morgan fingerprint density at radius 3 is 2.48 bits per heavy atom. The third kappa shape index (κ3) is 6.68. The van der Waals surface area contributed by atoms with E-state index in [4.69, 9.17) is 9.94 Å². The van der Waals surface area contributed by atoms with Crippen molar-refractivity contribution in [3.05, 3.63) is 48.4 Å². The molecule has 1 amide bonds. The van der Waals surface area contributed by atoms with E-state index in [1.165, 1.54) is 46.3 Å². The molecule has 0 fully saturated rings. The molecule has 2 aromatic rings. The number of amides is 1. The molecule has 10 heteroatoms. The molecule has 0 aliphatic heterocycles. The van der Waals surface area contributed by atoms with Gasteiger partial charge >= 0.3 is 0 Å². The number of nitrogens with one attached hydrogen (secondary N) is 1. The van der Waals surface area contributed by atoms with Crippen molar-refractivity contribution < 1.29 is 23.3 Å². The number of ether oxygens (including phenoxy) is 1. The first kappa shape index (κ1) is 20.9. The van der Waals surface area contributed by atoms with Gasteiger partial charge in [0.1, 0.15) is 22.6 Å². The standard InChI is InChI=1S/C17H21FN4O4S/c1-21(2)9-10-22(12-16(23)20-24)27(25)15-7-8-17(19-11-15)26-14-5-3-13(18)4-6-14/h3-8,11,24H,9-10,12H2,1-2H3,(H,20,23). The van der Waals surface area contributed by atoms with Gasteiger partial charge in [-0.1, -0.05) is 0 Å². The third-order valence-electron chi connectivity index (χ3n) is 3.42. The maximum absolute atomic E-state index is 12.9. The topological polar surface area (TPSA) is 95.0 Å². The van der Waals surface area contributed by atoms with Crippen molar-refractivity contribution in [2.75, 3.05) is 33.7 Å². The summed E-state index contributed by atoms with van der Waals surface area (Å²) in [5, 5.41) is 8.72. The lowest BCUT2D eigenvalue weighted by atomic mass is 10.3. The van der Waals surface area contributed by atoms with Crippen LogP contribution in [0.25, 0.3) is 0 Å². The Labute approximate surface area is 159 Å². The van der Waals surface area contributed by atoms with Crippen molar-refractivity contribution in [3.63, 3.8) is 0 Å². The molecule has 8 nitrogen and oxygen atoms in total. The number of nitrogens with zero attached hydrogens (tertiary/aromatic N) is 3. The van der Waals surface area contributed by atoms with Crippen LogP contribution in [0.5, 0.6) is 11.6 Å². The number of rotatable bonds is 9. The van der Waals surface area contributed by atoms with E-state index in [0.717, 1.165) is 0 Å². The SMILES string of the molecule is CN(C)CCN(CC(=O)NO)S(=O)c1ccc(Oc2ccc(F)cc2)nc1. The summed E-state index contributed by atoms with van der Waals surface area (Å²) in [7, 11) is 2.06. The van der Waals surface area contributed by atoms with Crippen molar-refractivity contribution in [3.8, 4) is 11.6 Å². The van der Waals surface area contributed by atoms with Crippen LogP contribution in [-0.4, -0.2) is 63.2 Å². The van der Waals surface area contributed by atoms with E-state index in [1.54, 1.807) is 6.07 Å². The van der Waals surface area contributed by atoms with Crippen molar-refractivity contribution in [2.24, 2.45) is 0 Å². The summed E-state index contributed by atoms with van der Waals surface area (Å²) in [6.07, 6.45) is 1.38. The molecule has 0 aliphatic rings. The molecule has 0 radical (unpaired) electrons. The third-order valence-corrected chi connectivity index (χ3v) is 4.85. The van der Waals surface area contributed by atoms with Crippen molar-refractivity contribution >= 4 is 16.9 Å². The smallest absolute Gasteiger partial charge is 0.258 e. The Morgan fingerprint density at radius 2 is 1.93 bits per heavy atom. The van der Waals surface area contributed by atoms with Crippen molar-refractivity contribution in [1.82, 2.24) is 19.7 Å². The molecule has 0 bridgehead atoms. The lowest BCUT2D eigenvalue weighted by Crippen LogP contribution is -2.40. The predicted octanol–water partition coefficient (Wildman–Crippen LogP) is 1.40. The molecule has 2 rings (SSSR count). The van der Waals surface area contributed by atoms with E-state index < -0.39 is 16.9 Å². The number of hydrogen-bond donors (Lipinski definition) is 2. The van der Waals surface area contributed by atoms with Crippen molar-refractivity contribution in [1.29, 1.82) is 0 Å². The predicted molar refractivity (Wildman–Crippen MR) is 97.2 cm³/mol. The normalized spacial score (nSPS) is 12.2. The largest absolute Gasteiger partial charge is 0.439 e. The molecule has 1 aromatic heterocycles. The minimum Gasteiger partial charge on any atom is -0.439 e. The van der Waals surface area contributed by atoms with Crippen LogP contribution < -0.4 is 10.2 Å². The van der Waals surface area contributed by atoms with Crippen LogP contribution in [-0.2, 0) is 15.8 Å². The van der Waals surface area contributed by atoms with Gasteiger partial charge in [-0.05, 0) is 44.4 Å². The van der Waals surface area contributed by atoms with Crippen LogP contribution in [0.4, 0.5) is 4.39 Å². The molecule has 1 heterocycles. The number of carbonyl (C=O) groups is 1. The summed E-state index contributed by atoms with van der Waals surface area (Å²) in [5.74, 6) is -0.350. The van der Waals surface area contributed by atoms with Gasteiger partial charge in [-0.2, -0.15) is 0 Å².